The fourth-order valence-electron chi connectivity index (χ4n) is 5.11. The first kappa shape index (κ1) is 26.5. The highest BCUT2D eigenvalue weighted by Gasteiger charge is 2.44. The molecule has 1 aliphatic heterocycles. The molecule has 1 amide bonds. The van der Waals surface area contributed by atoms with Crippen molar-refractivity contribution in [3.63, 3.8) is 0 Å². The summed E-state index contributed by atoms with van der Waals surface area (Å²) in [6, 6.07) is 16.6. The van der Waals surface area contributed by atoms with Crippen molar-refractivity contribution in [1.82, 2.24) is 0 Å². The summed E-state index contributed by atoms with van der Waals surface area (Å²) in [5.41, 5.74) is 5.19. The highest BCUT2D eigenvalue weighted by Crippen LogP contribution is 2.43. The van der Waals surface area contributed by atoms with E-state index in [2.05, 4.69) is 13.8 Å². The Kier molecular flexibility index (Phi) is 7.47. The number of carbonyl (C=O) groups excluding carboxylic acids is 1. The molecular formula is C33H35NO5. The predicted octanol–water partition coefficient (Wildman–Crippen LogP) is 7.30. The van der Waals surface area contributed by atoms with Gasteiger partial charge >= 0.3 is 0 Å². The Balaban J connectivity index is 1.72. The molecule has 6 nitrogen and oxygen atoms in total. The average molecular weight is 526 g/mol. The van der Waals surface area contributed by atoms with Gasteiger partial charge in [-0.05, 0) is 92.3 Å². The van der Waals surface area contributed by atoms with Gasteiger partial charge in [0.25, 0.3) is 5.91 Å². The first-order chi connectivity index (χ1) is 18.9. The Morgan fingerprint density at radius 1 is 0.872 bits per heavy atom. The summed E-state index contributed by atoms with van der Waals surface area (Å²) >= 11 is 0. The summed E-state index contributed by atoms with van der Waals surface area (Å²) in [5.74, 6) is 0.985. The van der Waals surface area contributed by atoms with E-state index in [1.165, 1.54) is 0 Å². The zero-order valence-corrected chi connectivity index (χ0v) is 23.3. The van der Waals surface area contributed by atoms with Gasteiger partial charge in [-0.1, -0.05) is 38.5 Å². The summed E-state index contributed by atoms with van der Waals surface area (Å²) in [7, 11) is 0. The molecule has 3 aromatic carbocycles. The molecule has 6 heteroatoms. The first-order valence-electron chi connectivity index (χ1n) is 13.8. The summed E-state index contributed by atoms with van der Waals surface area (Å²) in [4.78, 5) is 29.7. The van der Waals surface area contributed by atoms with Crippen LogP contribution in [0.3, 0.4) is 0 Å². The number of aryl methyl sites for hydroxylation is 3. The number of benzene rings is 3. The molecule has 0 fully saturated rings. The molecule has 1 unspecified atom stereocenters. The van der Waals surface area contributed by atoms with E-state index < -0.39 is 6.04 Å². The number of hydrogen-bond acceptors (Lipinski definition) is 5. The number of unbranched alkanes of at least 4 members (excludes halogenated alkanes) is 1. The van der Waals surface area contributed by atoms with Crippen LogP contribution in [0.4, 0.5) is 5.69 Å². The first-order valence-corrected chi connectivity index (χ1v) is 13.8. The maximum Gasteiger partial charge on any atom is 0.295 e. The second-order valence-corrected chi connectivity index (χ2v) is 10.0. The smallest absolute Gasteiger partial charge is 0.295 e. The van der Waals surface area contributed by atoms with E-state index in [4.69, 9.17) is 13.9 Å². The van der Waals surface area contributed by atoms with Crippen molar-refractivity contribution in [3.05, 3.63) is 98.4 Å². The number of anilines is 1. The third kappa shape index (κ3) is 4.80. The van der Waals surface area contributed by atoms with Crippen LogP contribution in [0, 0.1) is 13.8 Å². The maximum atomic E-state index is 14.0. The molecule has 1 aromatic heterocycles. The largest absolute Gasteiger partial charge is 0.490 e. The van der Waals surface area contributed by atoms with Crippen LogP contribution in [0.1, 0.15) is 78.0 Å². The van der Waals surface area contributed by atoms with Crippen molar-refractivity contribution >= 4 is 22.6 Å². The van der Waals surface area contributed by atoms with Gasteiger partial charge in [0.2, 0.25) is 5.76 Å². The van der Waals surface area contributed by atoms with Crippen LogP contribution in [0.15, 0.2) is 63.8 Å². The van der Waals surface area contributed by atoms with Crippen molar-refractivity contribution in [3.8, 4) is 11.5 Å². The molecule has 202 valence electrons. The van der Waals surface area contributed by atoms with Gasteiger partial charge in [0.05, 0.1) is 30.2 Å². The minimum Gasteiger partial charge on any atom is -0.490 e. The fraction of sp³-hybridized carbons (Fsp3) is 0.333. The van der Waals surface area contributed by atoms with E-state index in [0.717, 1.165) is 41.5 Å². The van der Waals surface area contributed by atoms with Gasteiger partial charge in [-0.25, -0.2) is 0 Å². The van der Waals surface area contributed by atoms with Crippen LogP contribution in [0.25, 0.3) is 11.0 Å². The van der Waals surface area contributed by atoms with E-state index in [9.17, 15) is 9.59 Å². The Bertz CT molecular complexity index is 1590. The second kappa shape index (κ2) is 11.0. The van der Waals surface area contributed by atoms with Gasteiger partial charge in [-0.2, -0.15) is 0 Å². The molecule has 1 atom stereocenters. The Labute approximate surface area is 229 Å². The molecule has 0 radical (unpaired) electrons. The normalized spacial score (nSPS) is 14.6. The molecule has 4 aromatic rings. The summed E-state index contributed by atoms with van der Waals surface area (Å²) in [6.07, 6.45) is 2.85. The van der Waals surface area contributed by atoms with Crippen LogP contribution in [-0.4, -0.2) is 19.1 Å². The Morgan fingerprint density at radius 3 is 2.31 bits per heavy atom. The van der Waals surface area contributed by atoms with E-state index in [0.29, 0.717) is 46.9 Å². The second-order valence-electron chi connectivity index (χ2n) is 10.0. The van der Waals surface area contributed by atoms with Crippen LogP contribution < -0.4 is 19.8 Å². The number of carbonyl (C=O) groups is 1. The molecule has 0 N–H and O–H groups in total. The lowest BCUT2D eigenvalue weighted by Crippen LogP contribution is -2.29. The Morgan fingerprint density at radius 2 is 1.62 bits per heavy atom. The summed E-state index contributed by atoms with van der Waals surface area (Å²) in [5, 5.41) is 0.474. The number of rotatable bonds is 9. The number of hydrogen-bond donors (Lipinski definition) is 0. The summed E-state index contributed by atoms with van der Waals surface area (Å²) in [6.45, 7) is 11.1. The van der Waals surface area contributed by atoms with E-state index >= 15 is 0 Å². The van der Waals surface area contributed by atoms with Gasteiger partial charge in [-0.15, -0.1) is 0 Å². The molecule has 0 saturated carbocycles. The molecule has 0 saturated heterocycles. The van der Waals surface area contributed by atoms with Gasteiger partial charge < -0.3 is 13.9 Å². The fourth-order valence-corrected chi connectivity index (χ4v) is 5.11. The molecule has 5 rings (SSSR count). The predicted molar refractivity (Wildman–Crippen MR) is 154 cm³/mol. The van der Waals surface area contributed by atoms with Crippen LogP contribution in [0.5, 0.6) is 11.5 Å². The molecule has 0 bridgehead atoms. The SMILES string of the molecule is CCCCOc1ccc(C2c3c(oc4cc(C)c(C)cc4c3=O)C(=O)N2c2ccc(CC)cc2)cc1OCC. The van der Waals surface area contributed by atoms with Gasteiger partial charge in [-0.3, -0.25) is 14.5 Å². The van der Waals surface area contributed by atoms with Crippen molar-refractivity contribution in [1.29, 1.82) is 0 Å². The topological polar surface area (TPSA) is 69.0 Å². The van der Waals surface area contributed by atoms with Gasteiger partial charge in [0.1, 0.15) is 5.58 Å². The van der Waals surface area contributed by atoms with Crippen molar-refractivity contribution in [2.75, 3.05) is 18.1 Å². The third-order valence-electron chi connectivity index (χ3n) is 7.45. The van der Waals surface area contributed by atoms with E-state index in [1.54, 1.807) is 4.90 Å². The average Bonchev–Trinajstić information content (AvgIpc) is 3.23. The van der Waals surface area contributed by atoms with Crippen LogP contribution >= 0.6 is 0 Å². The van der Waals surface area contributed by atoms with Crippen molar-refractivity contribution < 1.29 is 18.7 Å². The number of amides is 1. The molecule has 39 heavy (non-hydrogen) atoms. The van der Waals surface area contributed by atoms with E-state index in [1.807, 2.05) is 75.4 Å². The van der Waals surface area contributed by atoms with E-state index in [-0.39, 0.29) is 17.1 Å². The lowest BCUT2D eigenvalue weighted by Gasteiger charge is -2.26. The lowest BCUT2D eigenvalue weighted by molar-refractivity contribution is 0.0971. The number of ether oxygens (including phenoxy) is 2. The van der Waals surface area contributed by atoms with Gasteiger partial charge in [0, 0.05) is 5.69 Å². The minimum absolute atomic E-state index is 0.0848. The standard InChI is InChI=1S/C33H35NO5/c1-6-9-16-38-26-15-12-23(19-28(26)37-8-3)30-29-31(35)25-17-20(4)21(5)18-27(25)39-32(29)33(36)34(30)24-13-10-22(7-2)11-14-24/h10-15,17-19,30H,6-9,16H2,1-5H3. The molecule has 2 heterocycles. The molecule has 0 spiro atoms. The van der Waals surface area contributed by atoms with Crippen LogP contribution in [-0.2, 0) is 6.42 Å². The minimum atomic E-state index is -0.675. The monoisotopic (exact) mass is 525 g/mol. The van der Waals surface area contributed by atoms with Crippen LogP contribution in [0.2, 0.25) is 0 Å². The highest BCUT2D eigenvalue weighted by molar-refractivity contribution is 6.10. The third-order valence-corrected chi connectivity index (χ3v) is 7.45. The van der Waals surface area contributed by atoms with Gasteiger partial charge in [0.15, 0.2) is 16.9 Å². The molecule has 0 aliphatic carbocycles. The number of nitrogens with zero attached hydrogens (tertiary/aromatic N) is 1. The quantitative estimate of drug-likeness (QED) is 0.215. The van der Waals surface area contributed by atoms with Crippen molar-refractivity contribution in [2.45, 2.75) is 59.9 Å². The molecular weight excluding hydrogens is 490 g/mol. The zero-order valence-electron chi connectivity index (χ0n) is 23.3. The Hall–Kier alpha value is -4.06. The van der Waals surface area contributed by atoms with Crippen molar-refractivity contribution in [2.24, 2.45) is 0 Å². The number of fused-ring (bicyclic) bond motifs is 2. The maximum absolute atomic E-state index is 14.0. The lowest BCUT2D eigenvalue weighted by atomic mass is 9.96. The summed E-state index contributed by atoms with van der Waals surface area (Å²) < 4.78 is 18.1. The zero-order chi connectivity index (χ0) is 27.7. The molecule has 1 aliphatic rings. The highest BCUT2D eigenvalue weighted by atomic mass is 16.5.